The van der Waals surface area contributed by atoms with Gasteiger partial charge in [-0.15, -0.1) is 0 Å². The van der Waals surface area contributed by atoms with Gasteiger partial charge in [0.2, 0.25) is 0 Å². The number of carboxylic acids is 2. The molecule has 0 aliphatic rings. The Morgan fingerprint density at radius 1 is 0.750 bits per heavy atom. The van der Waals surface area contributed by atoms with E-state index in [1.165, 1.54) is 0 Å². The number of carboxylic acid groups (broad SMARTS) is 2. The van der Waals surface area contributed by atoms with Gasteiger partial charge in [0.05, 0.1) is 0 Å². The summed E-state index contributed by atoms with van der Waals surface area (Å²) in [6.07, 6.45) is 6.09. The van der Waals surface area contributed by atoms with Crippen LogP contribution in [0.3, 0.4) is 0 Å². The van der Waals surface area contributed by atoms with Crippen molar-refractivity contribution in [2.24, 2.45) is 0 Å². The van der Waals surface area contributed by atoms with Gasteiger partial charge in [0, 0.05) is 37.2 Å². The fraction of sp³-hybridized carbons (Fsp3) is 0.571. The molecule has 0 bridgehead atoms. The van der Waals surface area contributed by atoms with Crippen LogP contribution in [0.15, 0.2) is 23.3 Å². The van der Waals surface area contributed by atoms with Crippen molar-refractivity contribution in [3.63, 3.8) is 0 Å². The maximum absolute atomic E-state index is 10.8. The molecule has 6 heteroatoms. The third-order valence-corrected chi connectivity index (χ3v) is 2.75. The van der Waals surface area contributed by atoms with Crippen molar-refractivity contribution in [1.82, 2.24) is 0 Å². The number of unbranched alkanes of at least 4 members (excludes halogenated alkanes) is 3. The summed E-state index contributed by atoms with van der Waals surface area (Å²) in [5.41, 5.74) is 0.407. The summed E-state index contributed by atoms with van der Waals surface area (Å²) in [6.45, 7) is -0.381. The zero-order valence-electron chi connectivity index (χ0n) is 11.4. The Morgan fingerprint density at radius 2 is 1.10 bits per heavy atom. The predicted molar refractivity (Wildman–Crippen MR) is 73.3 cm³/mol. The van der Waals surface area contributed by atoms with Gasteiger partial charge in [-0.1, -0.05) is 12.2 Å². The topological polar surface area (TPSA) is 115 Å². The van der Waals surface area contributed by atoms with E-state index < -0.39 is 11.9 Å². The molecule has 0 saturated carbocycles. The normalized spacial score (nSPS) is 12.5. The van der Waals surface area contributed by atoms with Crippen LogP contribution in [0.2, 0.25) is 0 Å². The molecule has 0 radical (unpaired) electrons. The molecule has 4 N–H and O–H groups in total. The van der Waals surface area contributed by atoms with Crippen LogP contribution in [-0.4, -0.2) is 45.6 Å². The minimum Gasteiger partial charge on any atom is -0.478 e. The lowest BCUT2D eigenvalue weighted by Gasteiger charge is -2.01. The zero-order valence-corrected chi connectivity index (χ0v) is 11.4. The molecule has 0 rings (SSSR count). The molecule has 0 aromatic carbocycles. The van der Waals surface area contributed by atoms with Crippen molar-refractivity contribution in [1.29, 1.82) is 0 Å². The smallest absolute Gasteiger partial charge is 0.331 e. The summed E-state index contributed by atoms with van der Waals surface area (Å²) in [7, 11) is 0. The van der Waals surface area contributed by atoms with E-state index in [1.54, 1.807) is 12.2 Å². The number of carbonyl (C=O) groups is 2. The predicted octanol–water partition coefficient (Wildman–Crippen LogP) is 1.33. The van der Waals surface area contributed by atoms with E-state index in [0.29, 0.717) is 12.8 Å². The molecule has 0 aliphatic carbocycles. The summed E-state index contributed by atoms with van der Waals surface area (Å²) in [4.78, 5) is 21.5. The number of rotatable bonds is 11. The number of hydrogen-bond donors (Lipinski definition) is 4. The number of aliphatic hydroxyl groups is 2. The second kappa shape index (κ2) is 11.2. The lowest BCUT2D eigenvalue weighted by Crippen LogP contribution is -2.03. The van der Waals surface area contributed by atoms with Gasteiger partial charge in [0.15, 0.2) is 0 Å². The maximum atomic E-state index is 10.8. The van der Waals surface area contributed by atoms with Crippen LogP contribution >= 0.6 is 0 Å². The fourth-order valence-corrected chi connectivity index (χ4v) is 1.67. The Labute approximate surface area is 118 Å². The molecule has 0 saturated heterocycles. The van der Waals surface area contributed by atoms with Crippen molar-refractivity contribution >= 4 is 11.9 Å². The highest BCUT2D eigenvalue weighted by Gasteiger charge is 2.06. The molecular formula is C14H22O6. The highest BCUT2D eigenvalue weighted by molar-refractivity contribution is 5.86. The summed E-state index contributed by atoms with van der Waals surface area (Å²) in [5, 5.41) is 35.0. The van der Waals surface area contributed by atoms with E-state index in [2.05, 4.69) is 0 Å². The van der Waals surface area contributed by atoms with E-state index >= 15 is 0 Å². The van der Waals surface area contributed by atoms with Crippen LogP contribution in [-0.2, 0) is 9.59 Å². The van der Waals surface area contributed by atoms with E-state index in [-0.39, 0.29) is 37.2 Å². The number of aliphatic carboxylic acids is 2. The minimum atomic E-state index is -1.02. The molecule has 0 unspecified atom stereocenters. The quantitative estimate of drug-likeness (QED) is 0.336. The number of allylic oxidation sites excluding steroid dienone is 2. The SMILES string of the molecule is O=C(O)C(=CCCCCC=C(CCO)C(=O)O)CCO. The Bertz CT molecular complexity index is 334. The van der Waals surface area contributed by atoms with Crippen LogP contribution in [0, 0.1) is 0 Å². The highest BCUT2D eigenvalue weighted by Crippen LogP contribution is 2.10. The summed E-state index contributed by atoms with van der Waals surface area (Å²) < 4.78 is 0. The van der Waals surface area contributed by atoms with E-state index in [9.17, 15) is 9.59 Å². The monoisotopic (exact) mass is 286 g/mol. The first kappa shape index (κ1) is 18.3. The first-order chi connectivity index (χ1) is 9.52. The van der Waals surface area contributed by atoms with Gasteiger partial charge in [0.25, 0.3) is 0 Å². The molecule has 0 heterocycles. The second-order valence-electron chi connectivity index (χ2n) is 4.30. The number of hydrogen-bond acceptors (Lipinski definition) is 4. The van der Waals surface area contributed by atoms with Gasteiger partial charge < -0.3 is 20.4 Å². The summed E-state index contributed by atoms with van der Waals surface area (Å²) >= 11 is 0. The van der Waals surface area contributed by atoms with Crippen LogP contribution in [0.5, 0.6) is 0 Å². The molecule has 6 nitrogen and oxygen atoms in total. The fourth-order valence-electron chi connectivity index (χ4n) is 1.67. The van der Waals surface area contributed by atoms with Crippen LogP contribution in [0.4, 0.5) is 0 Å². The molecule has 20 heavy (non-hydrogen) atoms. The molecule has 0 aromatic heterocycles. The van der Waals surface area contributed by atoms with Crippen molar-refractivity contribution in [2.75, 3.05) is 13.2 Å². The molecular weight excluding hydrogens is 264 g/mol. The first-order valence-electron chi connectivity index (χ1n) is 6.59. The van der Waals surface area contributed by atoms with Crippen LogP contribution in [0.25, 0.3) is 0 Å². The van der Waals surface area contributed by atoms with Gasteiger partial charge in [-0.2, -0.15) is 0 Å². The molecule has 0 aliphatic heterocycles. The number of aliphatic hydroxyl groups excluding tert-OH is 2. The first-order valence-corrected chi connectivity index (χ1v) is 6.59. The van der Waals surface area contributed by atoms with Crippen LogP contribution < -0.4 is 0 Å². The second-order valence-corrected chi connectivity index (χ2v) is 4.30. The molecule has 0 amide bonds. The standard InChI is InChI=1S/C14H22O6/c15-9-7-11(13(17)18)5-3-1-2-4-6-12(8-10-16)14(19)20/h5-6,15-16H,1-4,7-10H2,(H,17,18)(H,19,20). The summed E-state index contributed by atoms with van der Waals surface area (Å²) in [6, 6.07) is 0. The van der Waals surface area contributed by atoms with E-state index in [1.807, 2.05) is 0 Å². The van der Waals surface area contributed by atoms with Crippen molar-refractivity contribution in [3.8, 4) is 0 Å². The Kier molecular flexibility index (Phi) is 10.3. The van der Waals surface area contributed by atoms with Gasteiger partial charge in [-0.25, -0.2) is 9.59 Å². The van der Waals surface area contributed by atoms with Gasteiger partial charge in [0.1, 0.15) is 0 Å². The van der Waals surface area contributed by atoms with Crippen molar-refractivity contribution in [2.45, 2.75) is 38.5 Å². The third kappa shape index (κ3) is 8.44. The minimum absolute atomic E-state index is 0.134. The largest absolute Gasteiger partial charge is 0.478 e. The van der Waals surface area contributed by atoms with Crippen LogP contribution in [0.1, 0.15) is 38.5 Å². The lowest BCUT2D eigenvalue weighted by atomic mass is 10.1. The average molecular weight is 286 g/mol. The maximum Gasteiger partial charge on any atom is 0.331 e. The molecule has 0 atom stereocenters. The Balaban J connectivity index is 4.07. The molecule has 0 spiro atoms. The van der Waals surface area contributed by atoms with Gasteiger partial charge in [-0.05, 0) is 25.7 Å². The van der Waals surface area contributed by atoms with Gasteiger partial charge in [-0.3, -0.25) is 0 Å². The molecule has 0 aromatic rings. The van der Waals surface area contributed by atoms with Crippen molar-refractivity contribution < 1.29 is 30.0 Å². The Morgan fingerprint density at radius 3 is 1.35 bits per heavy atom. The van der Waals surface area contributed by atoms with E-state index in [0.717, 1.165) is 12.8 Å². The van der Waals surface area contributed by atoms with Gasteiger partial charge >= 0.3 is 11.9 Å². The zero-order chi connectivity index (χ0) is 15.4. The summed E-state index contributed by atoms with van der Waals surface area (Å²) in [5.74, 6) is -2.04. The molecule has 0 fully saturated rings. The lowest BCUT2D eigenvalue weighted by molar-refractivity contribution is -0.133. The Hall–Kier alpha value is -1.66. The van der Waals surface area contributed by atoms with E-state index in [4.69, 9.17) is 20.4 Å². The van der Waals surface area contributed by atoms with Crippen molar-refractivity contribution in [3.05, 3.63) is 23.3 Å². The molecule has 114 valence electrons. The third-order valence-electron chi connectivity index (χ3n) is 2.75. The highest BCUT2D eigenvalue weighted by atomic mass is 16.4. The average Bonchev–Trinajstić information content (AvgIpc) is 2.39.